The van der Waals surface area contributed by atoms with Gasteiger partial charge in [-0.3, -0.25) is 0 Å². The van der Waals surface area contributed by atoms with Crippen LogP contribution in [-0.2, 0) is 15.3 Å². The van der Waals surface area contributed by atoms with Gasteiger partial charge in [0, 0.05) is 12.0 Å². The van der Waals surface area contributed by atoms with Gasteiger partial charge in [0.25, 0.3) is 0 Å². The van der Waals surface area contributed by atoms with E-state index in [2.05, 4.69) is 0 Å². The van der Waals surface area contributed by atoms with E-state index < -0.39 is 15.3 Å². The monoisotopic (exact) mass is 241 g/mol. The van der Waals surface area contributed by atoms with Crippen molar-refractivity contribution >= 4 is 9.84 Å². The molecule has 1 aromatic rings. The number of methoxy groups -OCH3 is 1. The van der Waals surface area contributed by atoms with Crippen molar-refractivity contribution in [1.82, 2.24) is 0 Å². The number of hydrogen-bond acceptors (Lipinski definition) is 4. The van der Waals surface area contributed by atoms with Crippen molar-refractivity contribution < 1.29 is 13.2 Å². The van der Waals surface area contributed by atoms with Crippen LogP contribution in [0.4, 0.5) is 0 Å². The molecule has 1 saturated heterocycles. The maximum absolute atomic E-state index is 11.3. The lowest BCUT2D eigenvalue weighted by atomic mass is 9.83. The molecule has 0 unspecified atom stereocenters. The summed E-state index contributed by atoms with van der Waals surface area (Å²) in [6.07, 6.45) is 0. The second kappa shape index (κ2) is 3.75. The fourth-order valence-electron chi connectivity index (χ4n) is 2.15. The van der Waals surface area contributed by atoms with Crippen molar-refractivity contribution in [3.05, 3.63) is 29.8 Å². The van der Waals surface area contributed by atoms with E-state index in [1.807, 2.05) is 24.3 Å². The van der Waals surface area contributed by atoms with Crippen LogP contribution in [0.2, 0.25) is 0 Å². The third-order valence-electron chi connectivity index (χ3n) is 3.07. The molecule has 1 aliphatic heterocycles. The second-order valence-corrected chi connectivity index (χ2v) is 6.31. The maximum Gasteiger partial charge on any atom is 0.152 e. The largest absolute Gasteiger partial charge is 0.497 e. The number of nitrogens with two attached hydrogens (primary N) is 1. The Morgan fingerprint density at radius 1 is 1.44 bits per heavy atom. The van der Waals surface area contributed by atoms with Crippen molar-refractivity contribution in [3.63, 3.8) is 0 Å². The Hall–Kier alpha value is -1.07. The lowest BCUT2D eigenvalue weighted by Gasteiger charge is -2.40. The molecule has 1 aliphatic rings. The highest BCUT2D eigenvalue weighted by molar-refractivity contribution is 7.93. The number of ether oxygens (including phenoxy) is 1. The molecular weight excluding hydrogens is 226 g/mol. The van der Waals surface area contributed by atoms with Gasteiger partial charge in [-0.05, 0) is 17.7 Å². The lowest BCUT2D eigenvalue weighted by Crippen LogP contribution is -2.56. The minimum Gasteiger partial charge on any atom is -0.497 e. The zero-order valence-corrected chi connectivity index (χ0v) is 9.96. The van der Waals surface area contributed by atoms with Crippen LogP contribution in [0.5, 0.6) is 5.75 Å². The Kier molecular flexibility index (Phi) is 2.67. The molecule has 4 nitrogen and oxygen atoms in total. The predicted octanol–water partition coefficient (Wildman–Crippen LogP) is 0.320. The van der Waals surface area contributed by atoms with Crippen LogP contribution in [0.25, 0.3) is 0 Å². The summed E-state index contributed by atoms with van der Waals surface area (Å²) in [7, 11) is -1.30. The average molecular weight is 241 g/mol. The number of benzene rings is 1. The lowest BCUT2D eigenvalue weighted by molar-refractivity contribution is 0.410. The molecule has 0 saturated carbocycles. The summed E-state index contributed by atoms with van der Waals surface area (Å²) >= 11 is 0. The van der Waals surface area contributed by atoms with Crippen LogP contribution in [0.3, 0.4) is 0 Å². The molecule has 1 fully saturated rings. The molecule has 2 rings (SSSR count). The summed E-state index contributed by atoms with van der Waals surface area (Å²) in [5.74, 6) is 1.02. The quantitative estimate of drug-likeness (QED) is 0.827. The van der Waals surface area contributed by atoms with Gasteiger partial charge in [0.15, 0.2) is 9.84 Å². The first-order valence-electron chi connectivity index (χ1n) is 5.06. The van der Waals surface area contributed by atoms with E-state index in [0.717, 1.165) is 11.3 Å². The first-order chi connectivity index (χ1) is 7.51. The van der Waals surface area contributed by atoms with Crippen molar-refractivity contribution in [1.29, 1.82) is 0 Å². The van der Waals surface area contributed by atoms with Gasteiger partial charge in [-0.25, -0.2) is 8.42 Å². The zero-order valence-electron chi connectivity index (χ0n) is 9.14. The van der Waals surface area contributed by atoms with Crippen LogP contribution < -0.4 is 10.5 Å². The zero-order chi connectivity index (χ0) is 11.8. The Bertz CT molecular complexity index is 484. The molecule has 5 heteroatoms. The van der Waals surface area contributed by atoms with Crippen LogP contribution in [0.15, 0.2) is 24.3 Å². The topological polar surface area (TPSA) is 69.4 Å². The highest BCUT2D eigenvalue weighted by Crippen LogP contribution is 2.36. The molecule has 1 aromatic carbocycles. The van der Waals surface area contributed by atoms with Gasteiger partial charge in [0.05, 0.1) is 18.6 Å². The van der Waals surface area contributed by atoms with Crippen molar-refractivity contribution in [2.45, 2.75) is 5.41 Å². The van der Waals surface area contributed by atoms with Crippen molar-refractivity contribution in [2.24, 2.45) is 5.73 Å². The summed E-state index contributed by atoms with van der Waals surface area (Å²) in [5, 5.41) is 0. The Morgan fingerprint density at radius 3 is 2.62 bits per heavy atom. The van der Waals surface area contributed by atoms with Gasteiger partial charge in [-0.15, -0.1) is 0 Å². The first-order valence-corrected chi connectivity index (χ1v) is 6.88. The molecule has 0 bridgehead atoms. The van der Waals surface area contributed by atoms with E-state index in [1.54, 1.807) is 7.11 Å². The third kappa shape index (κ3) is 1.81. The second-order valence-electron chi connectivity index (χ2n) is 4.25. The van der Waals surface area contributed by atoms with E-state index in [4.69, 9.17) is 10.5 Å². The summed E-state index contributed by atoms with van der Waals surface area (Å²) < 4.78 is 27.7. The molecule has 0 aromatic heterocycles. The van der Waals surface area contributed by atoms with Crippen LogP contribution in [0, 0.1) is 0 Å². The van der Waals surface area contributed by atoms with Gasteiger partial charge in [0.2, 0.25) is 0 Å². The van der Waals surface area contributed by atoms with E-state index in [-0.39, 0.29) is 11.5 Å². The van der Waals surface area contributed by atoms with E-state index in [9.17, 15) is 8.42 Å². The van der Waals surface area contributed by atoms with E-state index >= 15 is 0 Å². The average Bonchev–Trinajstić information content (AvgIpc) is 2.25. The molecular formula is C11H15NO3S. The van der Waals surface area contributed by atoms with E-state index in [0.29, 0.717) is 6.54 Å². The molecule has 2 N–H and O–H groups in total. The predicted molar refractivity (Wildman–Crippen MR) is 62.4 cm³/mol. The van der Waals surface area contributed by atoms with Crippen molar-refractivity contribution in [3.8, 4) is 5.75 Å². The van der Waals surface area contributed by atoms with Gasteiger partial charge in [-0.2, -0.15) is 0 Å². The fraction of sp³-hybridized carbons (Fsp3) is 0.455. The van der Waals surface area contributed by atoms with Crippen LogP contribution >= 0.6 is 0 Å². The molecule has 0 radical (unpaired) electrons. The van der Waals surface area contributed by atoms with Crippen LogP contribution in [-0.4, -0.2) is 33.6 Å². The standard InChI is InChI=1S/C11H15NO3S/c1-15-10-4-2-3-9(5-10)11(6-12)7-16(13,14)8-11/h2-5H,6-8,12H2,1H3. The molecule has 0 amide bonds. The summed E-state index contributed by atoms with van der Waals surface area (Å²) in [4.78, 5) is 0. The highest BCUT2D eigenvalue weighted by atomic mass is 32.2. The van der Waals surface area contributed by atoms with E-state index in [1.165, 1.54) is 0 Å². The third-order valence-corrected chi connectivity index (χ3v) is 5.05. The Balaban J connectivity index is 2.35. The summed E-state index contributed by atoms with van der Waals surface area (Å²) in [6.45, 7) is 0.347. The molecule has 0 spiro atoms. The Labute approximate surface area is 95.3 Å². The summed E-state index contributed by atoms with van der Waals surface area (Å²) in [5.41, 5.74) is 6.25. The van der Waals surface area contributed by atoms with Gasteiger partial charge in [0.1, 0.15) is 5.75 Å². The maximum atomic E-state index is 11.3. The first kappa shape index (κ1) is 11.4. The van der Waals surface area contributed by atoms with Crippen LogP contribution in [0.1, 0.15) is 5.56 Å². The minimum atomic E-state index is -2.89. The number of sulfone groups is 1. The van der Waals surface area contributed by atoms with Gasteiger partial charge >= 0.3 is 0 Å². The smallest absolute Gasteiger partial charge is 0.152 e. The molecule has 88 valence electrons. The van der Waals surface area contributed by atoms with Gasteiger partial charge in [-0.1, -0.05) is 12.1 Å². The molecule has 0 atom stereocenters. The number of hydrogen-bond donors (Lipinski definition) is 1. The SMILES string of the molecule is COc1cccc(C2(CN)CS(=O)(=O)C2)c1. The molecule has 16 heavy (non-hydrogen) atoms. The Morgan fingerprint density at radius 2 is 2.12 bits per heavy atom. The molecule has 1 heterocycles. The number of rotatable bonds is 3. The normalized spacial score (nSPS) is 21.1. The van der Waals surface area contributed by atoms with Gasteiger partial charge < -0.3 is 10.5 Å². The minimum absolute atomic E-state index is 0.143. The highest BCUT2D eigenvalue weighted by Gasteiger charge is 2.48. The summed E-state index contributed by atoms with van der Waals surface area (Å²) in [6, 6.07) is 7.46. The van der Waals surface area contributed by atoms with Crippen molar-refractivity contribution in [2.75, 3.05) is 25.2 Å². The molecule has 0 aliphatic carbocycles. The fourth-order valence-corrected chi connectivity index (χ4v) is 4.32.